The quantitative estimate of drug-likeness (QED) is 0.936. The first-order valence-electron chi connectivity index (χ1n) is 7.39. The van der Waals surface area contributed by atoms with E-state index in [9.17, 15) is 9.90 Å². The molecule has 0 aliphatic carbocycles. The van der Waals surface area contributed by atoms with Crippen molar-refractivity contribution in [1.82, 2.24) is 14.7 Å². The Morgan fingerprint density at radius 1 is 1.43 bits per heavy atom. The number of para-hydroxylation sites is 1. The van der Waals surface area contributed by atoms with Crippen LogP contribution in [-0.2, 0) is 11.3 Å². The van der Waals surface area contributed by atoms with Gasteiger partial charge in [-0.15, -0.1) is 0 Å². The summed E-state index contributed by atoms with van der Waals surface area (Å²) in [4.78, 5) is 14.4. The van der Waals surface area contributed by atoms with Gasteiger partial charge in [0.2, 0.25) is 5.91 Å². The van der Waals surface area contributed by atoms with E-state index in [1.165, 1.54) is 0 Å². The van der Waals surface area contributed by atoms with Crippen LogP contribution in [0.4, 0.5) is 0 Å². The minimum absolute atomic E-state index is 0.0217. The molecule has 5 heteroatoms. The Morgan fingerprint density at radius 2 is 2.19 bits per heavy atom. The Morgan fingerprint density at radius 3 is 2.95 bits per heavy atom. The molecule has 112 valence electrons. The number of benzene rings is 1. The van der Waals surface area contributed by atoms with Crippen LogP contribution in [0.2, 0.25) is 0 Å². The van der Waals surface area contributed by atoms with Crippen molar-refractivity contribution in [1.29, 1.82) is 0 Å². The van der Waals surface area contributed by atoms with E-state index in [2.05, 4.69) is 5.10 Å². The topological polar surface area (TPSA) is 58.4 Å². The zero-order valence-corrected chi connectivity index (χ0v) is 12.5. The summed E-state index contributed by atoms with van der Waals surface area (Å²) >= 11 is 0. The molecule has 0 saturated carbocycles. The molecule has 1 unspecified atom stereocenters. The summed E-state index contributed by atoms with van der Waals surface area (Å²) in [6.45, 7) is 4.48. The van der Waals surface area contributed by atoms with Gasteiger partial charge in [0.1, 0.15) is 6.54 Å². The van der Waals surface area contributed by atoms with Crippen LogP contribution in [-0.4, -0.2) is 43.9 Å². The van der Waals surface area contributed by atoms with Crippen molar-refractivity contribution < 1.29 is 9.90 Å². The molecule has 1 fully saturated rings. The Kier molecular flexibility index (Phi) is 3.45. The zero-order valence-electron chi connectivity index (χ0n) is 12.5. The van der Waals surface area contributed by atoms with E-state index >= 15 is 0 Å². The number of carbonyl (C=O) groups excluding carboxylic acids is 1. The lowest BCUT2D eigenvalue weighted by Crippen LogP contribution is -2.49. The van der Waals surface area contributed by atoms with E-state index in [-0.39, 0.29) is 18.5 Å². The van der Waals surface area contributed by atoms with Gasteiger partial charge in [-0.25, -0.2) is 0 Å². The van der Waals surface area contributed by atoms with Gasteiger partial charge in [-0.05, 0) is 32.8 Å². The van der Waals surface area contributed by atoms with Crippen LogP contribution >= 0.6 is 0 Å². The summed E-state index contributed by atoms with van der Waals surface area (Å²) in [6, 6.07) is 7.75. The van der Waals surface area contributed by atoms with Crippen molar-refractivity contribution in [3.05, 3.63) is 30.5 Å². The van der Waals surface area contributed by atoms with Crippen LogP contribution < -0.4 is 0 Å². The average Bonchev–Trinajstić information content (AvgIpc) is 3.05. The normalized spacial score (nSPS) is 19.4. The van der Waals surface area contributed by atoms with Crippen molar-refractivity contribution in [3.63, 3.8) is 0 Å². The van der Waals surface area contributed by atoms with Crippen molar-refractivity contribution in [3.8, 4) is 0 Å². The van der Waals surface area contributed by atoms with E-state index in [1.807, 2.05) is 24.3 Å². The summed E-state index contributed by atoms with van der Waals surface area (Å²) in [5, 5.41) is 15.6. The van der Waals surface area contributed by atoms with Crippen molar-refractivity contribution in [2.75, 3.05) is 6.54 Å². The van der Waals surface area contributed by atoms with E-state index in [4.69, 9.17) is 0 Å². The maximum atomic E-state index is 12.6. The highest BCUT2D eigenvalue weighted by atomic mass is 16.3. The molecule has 1 aliphatic heterocycles. The average molecular weight is 287 g/mol. The number of rotatable bonds is 3. The number of hydrogen-bond donors (Lipinski definition) is 1. The predicted molar refractivity (Wildman–Crippen MR) is 80.8 cm³/mol. The van der Waals surface area contributed by atoms with Crippen LogP contribution in [0.1, 0.15) is 26.7 Å². The van der Waals surface area contributed by atoms with E-state index < -0.39 is 5.60 Å². The minimum atomic E-state index is -0.863. The highest BCUT2D eigenvalue weighted by Gasteiger charge is 2.38. The fraction of sp³-hybridized carbons (Fsp3) is 0.500. The Balaban J connectivity index is 1.80. The molecule has 3 rings (SSSR count). The summed E-state index contributed by atoms with van der Waals surface area (Å²) < 4.78 is 1.73. The second-order valence-electron chi connectivity index (χ2n) is 6.26. The van der Waals surface area contributed by atoms with Gasteiger partial charge < -0.3 is 10.0 Å². The maximum Gasteiger partial charge on any atom is 0.244 e. The van der Waals surface area contributed by atoms with Gasteiger partial charge in [-0.3, -0.25) is 9.48 Å². The van der Waals surface area contributed by atoms with E-state index in [0.29, 0.717) is 6.54 Å². The van der Waals surface area contributed by atoms with Gasteiger partial charge >= 0.3 is 0 Å². The van der Waals surface area contributed by atoms with Gasteiger partial charge in [0, 0.05) is 11.9 Å². The van der Waals surface area contributed by atoms with Gasteiger partial charge in [0.05, 0.1) is 23.4 Å². The molecule has 1 aliphatic rings. The Labute approximate surface area is 124 Å². The molecule has 1 aromatic carbocycles. The van der Waals surface area contributed by atoms with Gasteiger partial charge in [0.25, 0.3) is 0 Å². The zero-order chi connectivity index (χ0) is 15.0. The minimum Gasteiger partial charge on any atom is -0.388 e. The largest absolute Gasteiger partial charge is 0.388 e. The number of carbonyl (C=O) groups is 1. The van der Waals surface area contributed by atoms with Crippen molar-refractivity contribution >= 4 is 16.8 Å². The van der Waals surface area contributed by atoms with Crippen LogP contribution in [0.25, 0.3) is 10.9 Å². The number of amides is 1. The molecule has 2 heterocycles. The summed E-state index contributed by atoms with van der Waals surface area (Å²) in [7, 11) is 0. The first kappa shape index (κ1) is 14.1. The maximum absolute atomic E-state index is 12.6. The number of aliphatic hydroxyl groups is 1. The molecule has 1 N–H and O–H groups in total. The third-order valence-electron chi connectivity index (χ3n) is 4.22. The highest BCUT2D eigenvalue weighted by Crippen LogP contribution is 2.27. The SMILES string of the molecule is CC(C)(O)C1CCCN1C(=O)Cn1ncc2ccccc21. The van der Waals surface area contributed by atoms with Gasteiger partial charge in [0.15, 0.2) is 0 Å². The first-order valence-corrected chi connectivity index (χ1v) is 7.39. The lowest BCUT2D eigenvalue weighted by molar-refractivity contribution is -0.137. The fourth-order valence-corrected chi connectivity index (χ4v) is 3.17. The van der Waals surface area contributed by atoms with Crippen LogP contribution in [0.3, 0.4) is 0 Å². The highest BCUT2D eigenvalue weighted by molar-refractivity contribution is 5.82. The molecule has 1 atom stereocenters. The Bertz CT molecular complexity index is 657. The number of likely N-dealkylation sites (tertiary alicyclic amines) is 1. The molecule has 0 spiro atoms. The molecule has 1 saturated heterocycles. The predicted octanol–water partition coefficient (Wildman–Crippen LogP) is 1.80. The summed E-state index contributed by atoms with van der Waals surface area (Å²) in [5.74, 6) is 0.0217. The lowest BCUT2D eigenvalue weighted by Gasteiger charge is -2.33. The summed E-state index contributed by atoms with van der Waals surface area (Å²) in [5.41, 5.74) is 0.100. The second kappa shape index (κ2) is 5.15. The third-order valence-corrected chi connectivity index (χ3v) is 4.22. The first-order chi connectivity index (χ1) is 9.97. The van der Waals surface area contributed by atoms with Gasteiger partial charge in [-0.1, -0.05) is 18.2 Å². The molecular weight excluding hydrogens is 266 g/mol. The molecule has 5 nitrogen and oxygen atoms in total. The molecule has 1 amide bonds. The van der Waals surface area contributed by atoms with Crippen molar-refractivity contribution in [2.24, 2.45) is 0 Å². The Hall–Kier alpha value is -1.88. The molecule has 1 aromatic heterocycles. The molecule has 2 aromatic rings. The van der Waals surface area contributed by atoms with E-state index in [0.717, 1.165) is 23.7 Å². The molecule has 21 heavy (non-hydrogen) atoms. The molecular formula is C16H21N3O2. The number of aromatic nitrogens is 2. The van der Waals surface area contributed by atoms with Crippen LogP contribution in [0.15, 0.2) is 30.5 Å². The van der Waals surface area contributed by atoms with Gasteiger partial charge in [-0.2, -0.15) is 5.10 Å². The smallest absolute Gasteiger partial charge is 0.244 e. The van der Waals surface area contributed by atoms with Crippen LogP contribution in [0.5, 0.6) is 0 Å². The molecule has 0 radical (unpaired) electrons. The number of fused-ring (bicyclic) bond motifs is 1. The number of nitrogens with zero attached hydrogens (tertiary/aromatic N) is 3. The van der Waals surface area contributed by atoms with Crippen molar-refractivity contribution in [2.45, 2.75) is 44.9 Å². The standard InChI is InChI=1S/C16H21N3O2/c1-16(2,21)14-8-5-9-18(14)15(20)11-19-13-7-4-3-6-12(13)10-17-19/h3-4,6-7,10,14,21H,5,8-9,11H2,1-2H3. The lowest BCUT2D eigenvalue weighted by atomic mass is 9.96. The van der Waals surface area contributed by atoms with E-state index in [1.54, 1.807) is 29.6 Å². The third kappa shape index (κ3) is 2.65. The fourth-order valence-electron chi connectivity index (χ4n) is 3.17. The monoisotopic (exact) mass is 287 g/mol. The van der Waals surface area contributed by atoms with Crippen LogP contribution in [0, 0.1) is 0 Å². The molecule has 0 bridgehead atoms. The second-order valence-corrected chi connectivity index (χ2v) is 6.26. The number of hydrogen-bond acceptors (Lipinski definition) is 3. The summed E-state index contributed by atoms with van der Waals surface area (Å²) in [6.07, 6.45) is 3.58.